The summed E-state index contributed by atoms with van der Waals surface area (Å²) >= 11 is 0. The number of amides is 3. The van der Waals surface area contributed by atoms with Gasteiger partial charge in [-0.3, -0.25) is 24.5 Å². The Bertz CT molecular complexity index is 1770. The van der Waals surface area contributed by atoms with Crippen LogP contribution in [0.15, 0.2) is 78.9 Å². The zero-order chi connectivity index (χ0) is 34.7. The zero-order valence-corrected chi connectivity index (χ0v) is 27.4. The van der Waals surface area contributed by atoms with Gasteiger partial charge in [-0.2, -0.15) is 0 Å². The number of hydrogen-bond donors (Lipinski definition) is 4. The molecule has 12 heteroatoms. The van der Waals surface area contributed by atoms with Crippen molar-refractivity contribution in [2.24, 2.45) is 11.8 Å². The molecule has 0 saturated carbocycles. The lowest BCUT2D eigenvalue weighted by molar-refractivity contribution is -0.385. The van der Waals surface area contributed by atoms with E-state index in [-0.39, 0.29) is 54.6 Å². The Balaban J connectivity index is 1.18. The normalized spacial score (nSPS) is 22.5. The van der Waals surface area contributed by atoms with Crippen molar-refractivity contribution in [1.82, 2.24) is 10.2 Å². The molecular formula is C37H41N5O7. The number of hydrogen-bond acceptors (Lipinski definition) is 8. The molecule has 256 valence electrons. The first-order chi connectivity index (χ1) is 23.6. The second-order valence-corrected chi connectivity index (χ2v) is 13.1. The topological polar surface area (TPSA) is 165 Å². The summed E-state index contributed by atoms with van der Waals surface area (Å²) in [6, 6.07) is 18.6. The third-order valence-corrected chi connectivity index (χ3v) is 9.96. The highest BCUT2D eigenvalue weighted by atomic mass is 16.6. The predicted molar refractivity (Wildman–Crippen MR) is 183 cm³/mol. The molecule has 0 aromatic heterocycles. The summed E-state index contributed by atoms with van der Waals surface area (Å²) in [5.74, 6) is -1.83. The molecule has 0 aliphatic carbocycles. The van der Waals surface area contributed by atoms with E-state index in [9.17, 15) is 34.7 Å². The summed E-state index contributed by atoms with van der Waals surface area (Å²) in [6.07, 6.45) is 5.50. The summed E-state index contributed by atoms with van der Waals surface area (Å²) < 4.78 is 0. The maximum absolute atomic E-state index is 14.0. The Hall–Kier alpha value is -4.91. The van der Waals surface area contributed by atoms with Gasteiger partial charge in [0.25, 0.3) is 11.6 Å². The van der Waals surface area contributed by atoms with Gasteiger partial charge < -0.3 is 30.6 Å². The van der Waals surface area contributed by atoms with Crippen molar-refractivity contribution in [1.29, 1.82) is 0 Å². The third-order valence-electron chi connectivity index (χ3n) is 9.96. The van der Waals surface area contributed by atoms with Crippen LogP contribution in [-0.4, -0.2) is 63.5 Å². The molecule has 1 fully saturated rings. The number of rotatable bonds is 10. The number of carbonyl (C=O) groups excluding carboxylic acids is 3. The summed E-state index contributed by atoms with van der Waals surface area (Å²) in [6.45, 7) is 3.48. The summed E-state index contributed by atoms with van der Waals surface area (Å²) in [7, 11) is 0. The molecule has 0 radical (unpaired) electrons. The summed E-state index contributed by atoms with van der Waals surface area (Å²) in [5, 5.41) is 39.9. The minimum atomic E-state index is -2.12. The Morgan fingerprint density at radius 2 is 1.90 bits per heavy atom. The number of non-ortho nitro benzene ring substituents is 1. The molecule has 3 aromatic rings. The highest BCUT2D eigenvalue weighted by Gasteiger charge is 2.53. The molecule has 3 aromatic carbocycles. The van der Waals surface area contributed by atoms with Gasteiger partial charge >= 0.3 is 0 Å². The van der Waals surface area contributed by atoms with Gasteiger partial charge in [0.15, 0.2) is 5.60 Å². The number of carbonyl (C=O) groups is 3. The monoisotopic (exact) mass is 667 g/mol. The van der Waals surface area contributed by atoms with Gasteiger partial charge in [-0.25, -0.2) is 0 Å². The number of anilines is 2. The van der Waals surface area contributed by atoms with Crippen molar-refractivity contribution < 1.29 is 29.5 Å². The maximum atomic E-state index is 14.0. The van der Waals surface area contributed by atoms with E-state index in [0.29, 0.717) is 30.9 Å². The maximum Gasteiger partial charge on any atom is 0.269 e. The van der Waals surface area contributed by atoms with Crippen molar-refractivity contribution in [2.45, 2.75) is 57.3 Å². The van der Waals surface area contributed by atoms with Crippen molar-refractivity contribution in [3.63, 3.8) is 0 Å². The van der Waals surface area contributed by atoms with Crippen molar-refractivity contribution in [2.75, 3.05) is 29.9 Å². The molecule has 1 saturated heterocycles. The molecule has 6 rings (SSSR count). The largest absolute Gasteiger partial charge is 0.394 e. The smallest absolute Gasteiger partial charge is 0.269 e. The van der Waals surface area contributed by atoms with Gasteiger partial charge in [0, 0.05) is 48.8 Å². The molecule has 3 amide bonds. The number of fused-ring (bicyclic) bond motifs is 2. The molecule has 0 spiro atoms. The average Bonchev–Trinajstić information content (AvgIpc) is 3.33. The van der Waals surface area contributed by atoms with Crippen LogP contribution in [0.3, 0.4) is 0 Å². The first-order valence-corrected chi connectivity index (χ1v) is 16.7. The van der Waals surface area contributed by atoms with Crippen LogP contribution < -0.4 is 15.5 Å². The number of nitro groups is 1. The number of nitro benzene ring substituents is 1. The van der Waals surface area contributed by atoms with E-state index in [1.807, 2.05) is 24.3 Å². The molecular weight excluding hydrogens is 626 g/mol. The zero-order valence-electron chi connectivity index (χ0n) is 27.4. The Labute approximate surface area is 284 Å². The molecule has 12 nitrogen and oxygen atoms in total. The van der Waals surface area contributed by atoms with Crippen LogP contribution >= 0.6 is 0 Å². The van der Waals surface area contributed by atoms with Gasteiger partial charge in [-0.05, 0) is 60.7 Å². The molecule has 4 N–H and O–H groups in total. The van der Waals surface area contributed by atoms with Crippen molar-refractivity contribution in [3.05, 3.63) is 111 Å². The van der Waals surface area contributed by atoms with Crippen LogP contribution in [0.4, 0.5) is 17.1 Å². The minimum Gasteiger partial charge on any atom is -0.394 e. The third kappa shape index (κ3) is 6.85. The molecule has 3 heterocycles. The Kier molecular flexibility index (Phi) is 9.91. The molecule has 4 atom stereocenters. The van der Waals surface area contributed by atoms with Gasteiger partial charge in [-0.15, -0.1) is 0 Å². The molecule has 0 bridgehead atoms. The fourth-order valence-corrected chi connectivity index (χ4v) is 7.07. The van der Waals surface area contributed by atoms with Crippen LogP contribution in [0.1, 0.15) is 48.4 Å². The number of aliphatic hydroxyl groups is 2. The molecule has 1 unspecified atom stereocenters. The van der Waals surface area contributed by atoms with Gasteiger partial charge in [-0.1, -0.05) is 55.5 Å². The first kappa shape index (κ1) is 34.0. The minimum absolute atomic E-state index is 0.0149. The predicted octanol–water partition coefficient (Wildman–Crippen LogP) is 3.80. The second-order valence-electron chi connectivity index (χ2n) is 13.1. The average molecular weight is 668 g/mol. The highest BCUT2D eigenvalue weighted by Crippen LogP contribution is 2.47. The van der Waals surface area contributed by atoms with E-state index in [1.54, 1.807) is 48.2 Å². The van der Waals surface area contributed by atoms with Gasteiger partial charge in [0.05, 0.1) is 35.7 Å². The Morgan fingerprint density at radius 3 is 2.59 bits per heavy atom. The van der Waals surface area contributed by atoms with E-state index < -0.39 is 22.3 Å². The van der Waals surface area contributed by atoms with E-state index in [1.165, 1.54) is 23.1 Å². The van der Waals surface area contributed by atoms with Crippen molar-refractivity contribution in [3.8, 4) is 0 Å². The number of piperidine rings is 1. The lowest BCUT2D eigenvalue weighted by Gasteiger charge is -2.36. The van der Waals surface area contributed by atoms with Crippen LogP contribution in [-0.2, 0) is 39.5 Å². The number of nitrogens with zero attached hydrogens (tertiary/aromatic N) is 3. The SMILES string of the molecule is C[C@H](/C=C/CC(=O)N1Cc2ccccc2C[C@H]1CO)[C@@]1(O)C(=O)N(Cc2ccc(NC(=O)C3CCCNC3)cc2)c2ccc([N+](=O)[O-])cc21. The van der Waals surface area contributed by atoms with Crippen LogP contribution in [0.5, 0.6) is 0 Å². The lowest BCUT2D eigenvalue weighted by Crippen LogP contribution is -2.46. The van der Waals surface area contributed by atoms with E-state index in [2.05, 4.69) is 10.6 Å². The van der Waals surface area contributed by atoms with Crippen LogP contribution in [0, 0.1) is 22.0 Å². The molecule has 3 aliphatic rings. The standard InChI is InChI=1S/C37H41N5O7/c1-24(6-4-10-34(44)40-22-28-8-3-2-7-26(28)18-31(40)23-43)37(47)32-19-30(42(48)49)15-16-33(32)41(36(37)46)21-25-11-13-29(14-12-25)39-35(45)27-9-5-17-38-20-27/h2-4,6-8,11-16,19,24,27,31,38,43,47H,5,9-10,17-18,20-23H2,1H3,(H,39,45)/b6-4+/t24-,27?,31+,37+/m1/s1. The molecule has 49 heavy (non-hydrogen) atoms. The van der Waals surface area contributed by atoms with Crippen LogP contribution in [0.25, 0.3) is 0 Å². The lowest BCUT2D eigenvalue weighted by atomic mass is 9.82. The van der Waals surface area contributed by atoms with Gasteiger partial charge in [0.1, 0.15) is 0 Å². The van der Waals surface area contributed by atoms with E-state index >= 15 is 0 Å². The first-order valence-electron chi connectivity index (χ1n) is 16.7. The van der Waals surface area contributed by atoms with E-state index in [4.69, 9.17) is 0 Å². The number of aliphatic hydroxyl groups excluding tert-OH is 1. The van der Waals surface area contributed by atoms with E-state index in [0.717, 1.165) is 36.1 Å². The summed E-state index contributed by atoms with van der Waals surface area (Å²) in [4.78, 5) is 54.2. The fourth-order valence-electron chi connectivity index (χ4n) is 7.07. The Morgan fingerprint density at radius 1 is 1.14 bits per heavy atom. The van der Waals surface area contributed by atoms with Crippen LogP contribution in [0.2, 0.25) is 0 Å². The quantitative estimate of drug-likeness (QED) is 0.144. The van der Waals surface area contributed by atoms with Crippen molar-refractivity contribution >= 4 is 34.8 Å². The fraction of sp³-hybridized carbons (Fsp3) is 0.378. The summed E-state index contributed by atoms with van der Waals surface area (Å²) in [5.41, 5.74) is 1.58. The van der Waals surface area contributed by atoms with Gasteiger partial charge in [0.2, 0.25) is 11.8 Å². The molecule has 3 aliphatic heterocycles. The number of benzene rings is 3. The second kappa shape index (κ2) is 14.3. The highest BCUT2D eigenvalue weighted by molar-refractivity contribution is 6.07. The number of nitrogens with one attached hydrogen (secondary N) is 2.